The molecule has 1 aromatic rings. The van der Waals surface area contributed by atoms with Crippen molar-refractivity contribution in [2.45, 2.75) is 246 Å². The number of carbonyl (C=O) groups excluding carboxylic acids is 5. The van der Waals surface area contributed by atoms with Gasteiger partial charge < -0.3 is 45.5 Å². The van der Waals surface area contributed by atoms with Crippen LogP contribution in [0.25, 0.3) is 0 Å². The van der Waals surface area contributed by atoms with E-state index in [1.165, 1.54) is 147 Å². The quantitative estimate of drug-likeness (QED) is 0.0397. The van der Waals surface area contributed by atoms with Gasteiger partial charge in [0, 0.05) is 76.6 Å². The third-order valence-electron chi connectivity index (χ3n) is 12.6. The standard InChI is InChI=1S/C59H107N5O9/c1-6-8-10-12-14-16-18-20-22-24-26-28-30-36-54(65)60-38-32-43-70-45-34-40-62-56(67)51-48-52(50-53(49-51)72-47-42-64-58(69)73-59(3,4)5)57(68)63-41-35-46-71-44-33-39-61-55(66)37-31-29-27-25-23-21-19-17-15-13-11-9-7-2/h48-50H,6-47H2,1-5H3,(H,60,65)(H,61,66)(H,62,67)(H,63,68)(H,64,69). The van der Waals surface area contributed by atoms with E-state index in [4.69, 9.17) is 18.9 Å². The molecule has 5 N–H and O–H groups in total. The van der Waals surface area contributed by atoms with E-state index in [0.29, 0.717) is 84.0 Å². The number of ether oxygens (including phenoxy) is 4. The molecule has 5 amide bonds. The van der Waals surface area contributed by atoms with Crippen molar-refractivity contribution in [3.8, 4) is 5.75 Å². The third kappa shape index (κ3) is 44.1. The zero-order valence-corrected chi connectivity index (χ0v) is 47.1. The molecule has 0 fully saturated rings. The monoisotopic (exact) mass is 1030 g/mol. The summed E-state index contributed by atoms with van der Waals surface area (Å²) < 4.78 is 22.6. The first-order valence-corrected chi connectivity index (χ1v) is 29.4. The molecule has 0 heterocycles. The van der Waals surface area contributed by atoms with E-state index in [1.54, 1.807) is 32.9 Å². The van der Waals surface area contributed by atoms with E-state index in [2.05, 4.69) is 40.4 Å². The second kappa shape index (κ2) is 47.8. The van der Waals surface area contributed by atoms with E-state index in [-0.39, 0.29) is 47.9 Å². The van der Waals surface area contributed by atoms with Crippen LogP contribution in [-0.4, -0.2) is 101 Å². The van der Waals surface area contributed by atoms with Crippen LogP contribution in [-0.2, 0) is 23.8 Å². The van der Waals surface area contributed by atoms with Crippen LogP contribution >= 0.6 is 0 Å². The average Bonchev–Trinajstić information content (AvgIpc) is 3.36. The Bertz CT molecular complexity index is 1450. The third-order valence-corrected chi connectivity index (χ3v) is 12.6. The van der Waals surface area contributed by atoms with Crippen LogP contribution < -0.4 is 31.3 Å². The molecule has 0 unspecified atom stereocenters. The number of carbonyl (C=O) groups is 5. The van der Waals surface area contributed by atoms with Gasteiger partial charge in [-0.2, -0.15) is 0 Å². The molecule has 0 bridgehead atoms. The zero-order valence-electron chi connectivity index (χ0n) is 47.1. The van der Waals surface area contributed by atoms with Gasteiger partial charge in [-0.15, -0.1) is 0 Å². The molecule has 0 radical (unpaired) electrons. The van der Waals surface area contributed by atoms with E-state index in [9.17, 15) is 24.0 Å². The second-order valence-electron chi connectivity index (χ2n) is 20.9. The Hall–Kier alpha value is -3.91. The van der Waals surface area contributed by atoms with Gasteiger partial charge in [-0.3, -0.25) is 19.2 Å². The minimum absolute atomic E-state index is 0.0896. The summed E-state index contributed by atoms with van der Waals surface area (Å²) in [4.78, 5) is 63.1. The first-order valence-electron chi connectivity index (χ1n) is 29.4. The minimum Gasteiger partial charge on any atom is -0.492 e. The fourth-order valence-electron chi connectivity index (χ4n) is 8.33. The molecule has 0 saturated heterocycles. The van der Waals surface area contributed by atoms with Crippen LogP contribution in [0.1, 0.15) is 261 Å². The summed E-state index contributed by atoms with van der Waals surface area (Å²) in [7, 11) is 0. The van der Waals surface area contributed by atoms with Crippen molar-refractivity contribution in [2.75, 3.05) is 65.8 Å². The van der Waals surface area contributed by atoms with Crippen LogP contribution in [0.5, 0.6) is 5.75 Å². The van der Waals surface area contributed by atoms with E-state index in [0.717, 1.165) is 38.5 Å². The first kappa shape index (κ1) is 67.1. The molecule has 1 rings (SSSR count). The molecule has 0 aromatic heterocycles. The summed E-state index contributed by atoms with van der Waals surface area (Å²) in [6, 6.07) is 4.67. The van der Waals surface area contributed by atoms with Crippen LogP contribution in [0.2, 0.25) is 0 Å². The number of benzene rings is 1. The highest BCUT2D eigenvalue weighted by atomic mass is 16.6. The molecular weight excluding hydrogens is 923 g/mol. The maximum atomic E-state index is 13.3. The predicted octanol–water partition coefficient (Wildman–Crippen LogP) is 12.8. The molecule has 14 nitrogen and oxygen atoms in total. The fraction of sp³-hybridized carbons (Fsp3) is 0.814. The molecule has 1 aromatic carbocycles. The number of hydrogen-bond donors (Lipinski definition) is 5. The average molecular weight is 1030 g/mol. The smallest absolute Gasteiger partial charge is 0.407 e. The normalized spacial score (nSPS) is 11.3. The number of amides is 5. The molecule has 422 valence electrons. The van der Waals surface area contributed by atoms with Gasteiger partial charge in [0.2, 0.25) is 11.8 Å². The Morgan fingerprint density at radius 3 is 1.05 bits per heavy atom. The lowest BCUT2D eigenvalue weighted by atomic mass is 10.0. The molecule has 0 aliphatic heterocycles. The van der Waals surface area contributed by atoms with Gasteiger partial charge in [0.1, 0.15) is 18.0 Å². The molecule has 0 spiro atoms. The van der Waals surface area contributed by atoms with Crippen LogP contribution in [0.4, 0.5) is 4.79 Å². The number of alkyl carbamates (subject to hydrolysis) is 1. The summed E-state index contributed by atoms with van der Waals surface area (Å²) in [5.41, 5.74) is -0.113. The van der Waals surface area contributed by atoms with Crippen molar-refractivity contribution >= 4 is 29.7 Å². The van der Waals surface area contributed by atoms with Gasteiger partial charge in [-0.1, -0.05) is 168 Å². The number of nitrogens with one attached hydrogen (secondary N) is 5. The van der Waals surface area contributed by atoms with E-state index in [1.807, 2.05) is 0 Å². The van der Waals surface area contributed by atoms with E-state index >= 15 is 0 Å². The molecular formula is C59H107N5O9. The second-order valence-corrected chi connectivity index (χ2v) is 20.9. The Morgan fingerprint density at radius 2 is 0.712 bits per heavy atom. The molecule has 14 heteroatoms. The molecule has 0 aliphatic rings. The lowest BCUT2D eigenvalue weighted by molar-refractivity contribution is -0.122. The van der Waals surface area contributed by atoms with Crippen molar-refractivity contribution in [1.82, 2.24) is 26.6 Å². The predicted molar refractivity (Wildman–Crippen MR) is 298 cm³/mol. The number of unbranched alkanes of at least 4 members (excludes halogenated alkanes) is 24. The lowest BCUT2D eigenvalue weighted by Gasteiger charge is -2.19. The first-order chi connectivity index (χ1) is 35.4. The largest absolute Gasteiger partial charge is 0.492 e. The number of rotatable bonds is 50. The Kier molecular flexibility index (Phi) is 43.9. The summed E-state index contributed by atoms with van der Waals surface area (Å²) in [6.07, 6.45) is 36.6. The number of hydrogen-bond acceptors (Lipinski definition) is 9. The van der Waals surface area contributed by atoms with Gasteiger partial charge in [0.05, 0.1) is 6.54 Å². The highest BCUT2D eigenvalue weighted by Crippen LogP contribution is 2.19. The van der Waals surface area contributed by atoms with Gasteiger partial charge in [-0.25, -0.2) is 4.79 Å². The zero-order chi connectivity index (χ0) is 53.3. The van der Waals surface area contributed by atoms with Gasteiger partial charge in [-0.05, 0) is 77.5 Å². The van der Waals surface area contributed by atoms with Crippen LogP contribution in [0.15, 0.2) is 18.2 Å². The fourth-order valence-corrected chi connectivity index (χ4v) is 8.33. The van der Waals surface area contributed by atoms with Crippen molar-refractivity contribution < 1.29 is 42.9 Å². The SMILES string of the molecule is CCCCCCCCCCCCCCCC(=O)NCCCOCCCNC(=O)c1cc(OCCNC(=O)OC(C)(C)C)cc(C(=O)NCCCOCCCNC(=O)CCCCCCCCCCCCCCC)c1. The van der Waals surface area contributed by atoms with Crippen molar-refractivity contribution in [3.63, 3.8) is 0 Å². The Balaban J connectivity index is 2.31. The highest BCUT2D eigenvalue weighted by molar-refractivity contribution is 6.00. The van der Waals surface area contributed by atoms with Gasteiger partial charge >= 0.3 is 6.09 Å². The van der Waals surface area contributed by atoms with Crippen molar-refractivity contribution in [2.24, 2.45) is 0 Å². The topological polar surface area (TPSA) is 182 Å². The molecule has 0 saturated carbocycles. The van der Waals surface area contributed by atoms with Crippen molar-refractivity contribution in [1.29, 1.82) is 0 Å². The Labute approximate surface area is 444 Å². The highest BCUT2D eigenvalue weighted by Gasteiger charge is 2.17. The summed E-state index contributed by atoms with van der Waals surface area (Å²) >= 11 is 0. The molecule has 0 aliphatic carbocycles. The molecule has 73 heavy (non-hydrogen) atoms. The van der Waals surface area contributed by atoms with Crippen LogP contribution in [0, 0.1) is 0 Å². The van der Waals surface area contributed by atoms with Gasteiger partial charge in [0.15, 0.2) is 0 Å². The van der Waals surface area contributed by atoms with Gasteiger partial charge in [0.25, 0.3) is 11.8 Å². The van der Waals surface area contributed by atoms with E-state index < -0.39 is 11.7 Å². The summed E-state index contributed by atoms with van der Waals surface area (Å²) in [5, 5.41) is 14.4. The Morgan fingerprint density at radius 1 is 0.384 bits per heavy atom. The van der Waals surface area contributed by atoms with Crippen LogP contribution in [0.3, 0.4) is 0 Å². The summed E-state index contributed by atoms with van der Waals surface area (Å²) in [6.45, 7) is 13.9. The summed E-state index contributed by atoms with van der Waals surface area (Å²) in [5.74, 6) is -0.209. The minimum atomic E-state index is -0.638. The van der Waals surface area contributed by atoms with Crippen molar-refractivity contribution in [3.05, 3.63) is 29.3 Å². The maximum absolute atomic E-state index is 13.3. The lowest BCUT2D eigenvalue weighted by Crippen LogP contribution is -2.34. The maximum Gasteiger partial charge on any atom is 0.407 e. The molecule has 0 atom stereocenters.